The highest BCUT2D eigenvalue weighted by Gasteiger charge is 2.20. The van der Waals surface area contributed by atoms with Crippen LogP contribution < -0.4 is 15.2 Å². The van der Waals surface area contributed by atoms with E-state index in [9.17, 15) is 0 Å². The van der Waals surface area contributed by atoms with Crippen molar-refractivity contribution in [2.45, 2.75) is 6.04 Å². The van der Waals surface area contributed by atoms with Gasteiger partial charge in [0, 0.05) is 11.6 Å². The minimum atomic E-state index is 0.0194. The Bertz CT molecular complexity index is 299. The van der Waals surface area contributed by atoms with Crippen LogP contribution in [0.25, 0.3) is 0 Å². The number of ether oxygens (including phenoxy) is 2. The van der Waals surface area contributed by atoms with Gasteiger partial charge in [-0.05, 0) is 12.1 Å². The van der Waals surface area contributed by atoms with Gasteiger partial charge in [-0.2, -0.15) is 0 Å². The van der Waals surface area contributed by atoms with Gasteiger partial charge in [0.1, 0.15) is 18.1 Å². The zero-order chi connectivity index (χ0) is 8.55. The zero-order valence-corrected chi connectivity index (χ0v) is 6.91. The van der Waals surface area contributed by atoms with Gasteiger partial charge in [0.15, 0.2) is 0 Å². The molecule has 0 saturated heterocycles. The number of hydrogen-bond donors (Lipinski definition) is 1. The quantitative estimate of drug-likeness (QED) is 0.677. The van der Waals surface area contributed by atoms with Crippen LogP contribution in [0, 0.1) is 0 Å². The molecule has 3 heteroatoms. The molecule has 0 bridgehead atoms. The fourth-order valence-corrected chi connectivity index (χ4v) is 1.34. The van der Waals surface area contributed by atoms with Gasteiger partial charge in [-0.15, -0.1) is 0 Å². The zero-order valence-electron chi connectivity index (χ0n) is 6.91. The number of nitrogens with two attached hydrogens (primary N) is 1. The first-order valence-corrected chi connectivity index (χ1v) is 3.87. The second-order valence-electron chi connectivity index (χ2n) is 2.82. The molecule has 0 aromatic heterocycles. The summed E-state index contributed by atoms with van der Waals surface area (Å²) < 4.78 is 10.4. The molecule has 1 heterocycles. The Hall–Kier alpha value is -1.22. The number of benzene rings is 1. The van der Waals surface area contributed by atoms with E-state index in [0.717, 1.165) is 17.1 Å². The Morgan fingerprint density at radius 3 is 3.17 bits per heavy atom. The van der Waals surface area contributed by atoms with Gasteiger partial charge in [-0.1, -0.05) is 0 Å². The van der Waals surface area contributed by atoms with E-state index in [0.29, 0.717) is 6.61 Å². The molecule has 64 valence electrons. The van der Waals surface area contributed by atoms with E-state index in [1.165, 1.54) is 0 Å². The highest BCUT2D eigenvalue weighted by molar-refractivity contribution is 5.44. The van der Waals surface area contributed by atoms with Crippen molar-refractivity contribution in [2.75, 3.05) is 13.7 Å². The molecule has 0 aliphatic carbocycles. The molecule has 2 N–H and O–H groups in total. The largest absolute Gasteiger partial charge is 0.497 e. The molecule has 0 radical (unpaired) electrons. The molecule has 1 aliphatic rings. The molecule has 1 aromatic carbocycles. The monoisotopic (exact) mass is 165 g/mol. The smallest absolute Gasteiger partial charge is 0.127 e. The van der Waals surface area contributed by atoms with E-state index in [-0.39, 0.29) is 6.04 Å². The van der Waals surface area contributed by atoms with Crippen LogP contribution in [0.3, 0.4) is 0 Å². The third kappa shape index (κ3) is 1.02. The Labute approximate surface area is 71.1 Å². The summed E-state index contributed by atoms with van der Waals surface area (Å²) in [4.78, 5) is 0. The van der Waals surface area contributed by atoms with E-state index in [1.807, 2.05) is 18.2 Å². The lowest BCUT2D eigenvalue weighted by Gasteiger charge is -2.02. The Morgan fingerprint density at radius 1 is 1.58 bits per heavy atom. The van der Waals surface area contributed by atoms with Crippen molar-refractivity contribution in [1.82, 2.24) is 0 Å². The maximum atomic E-state index is 5.77. The molecule has 12 heavy (non-hydrogen) atoms. The molecule has 0 fully saturated rings. The minimum Gasteiger partial charge on any atom is -0.497 e. The summed E-state index contributed by atoms with van der Waals surface area (Å²) in [6.45, 7) is 0.572. The van der Waals surface area contributed by atoms with E-state index in [2.05, 4.69) is 0 Å². The molecule has 1 unspecified atom stereocenters. The van der Waals surface area contributed by atoms with Crippen LogP contribution in [0.5, 0.6) is 11.5 Å². The molecule has 0 saturated carbocycles. The molecule has 2 rings (SSSR count). The highest BCUT2D eigenvalue weighted by atomic mass is 16.5. The summed E-state index contributed by atoms with van der Waals surface area (Å²) >= 11 is 0. The normalized spacial score (nSPS) is 20.0. The third-order valence-corrected chi connectivity index (χ3v) is 2.04. The minimum absolute atomic E-state index is 0.0194. The lowest BCUT2D eigenvalue weighted by Crippen LogP contribution is -2.10. The van der Waals surface area contributed by atoms with Gasteiger partial charge < -0.3 is 15.2 Å². The lowest BCUT2D eigenvalue weighted by atomic mass is 10.1. The van der Waals surface area contributed by atoms with Crippen LogP contribution in [0.4, 0.5) is 0 Å². The van der Waals surface area contributed by atoms with Crippen molar-refractivity contribution in [3.63, 3.8) is 0 Å². The number of fused-ring (bicyclic) bond motifs is 1. The Balaban J connectivity index is 2.41. The van der Waals surface area contributed by atoms with E-state index < -0.39 is 0 Å². The van der Waals surface area contributed by atoms with Crippen molar-refractivity contribution in [3.8, 4) is 11.5 Å². The van der Waals surface area contributed by atoms with Crippen molar-refractivity contribution >= 4 is 0 Å². The molecule has 3 nitrogen and oxygen atoms in total. The number of methoxy groups -OCH3 is 1. The highest BCUT2D eigenvalue weighted by Crippen LogP contribution is 2.33. The van der Waals surface area contributed by atoms with Crippen molar-refractivity contribution in [3.05, 3.63) is 23.8 Å². The molecule has 0 amide bonds. The number of hydrogen-bond acceptors (Lipinski definition) is 3. The number of rotatable bonds is 1. The molecular formula is C9H11NO2. The molecule has 1 atom stereocenters. The van der Waals surface area contributed by atoms with Gasteiger partial charge in [-0.3, -0.25) is 0 Å². The van der Waals surface area contributed by atoms with Gasteiger partial charge in [0.05, 0.1) is 13.2 Å². The average molecular weight is 165 g/mol. The van der Waals surface area contributed by atoms with Crippen molar-refractivity contribution in [1.29, 1.82) is 0 Å². The molecular weight excluding hydrogens is 154 g/mol. The summed E-state index contributed by atoms with van der Waals surface area (Å²) in [5.41, 5.74) is 6.84. The maximum Gasteiger partial charge on any atom is 0.127 e. The van der Waals surface area contributed by atoms with E-state index in [1.54, 1.807) is 7.11 Å². The van der Waals surface area contributed by atoms with Gasteiger partial charge in [-0.25, -0.2) is 0 Å². The SMILES string of the molecule is COc1ccc2c(c1)OCC2N. The maximum absolute atomic E-state index is 5.77. The van der Waals surface area contributed by atoms with Crippen LogP contribution in [0.1, 0.15) is 11.6 Å². The fourth-order valence-electron chi connectivity index (χ4n) is 1.34. The summed E-state index contributed by atoms with van der Waals surface area (Å²) in [5.74, 6) is 1.66. The average Bonchev–Trinajstić information content (AvgIpc) is 2.47. The van der Waals surface area contributed by atoms with Crippen LogP contribution in [-0.2, 0) is 0 Å². The lowest BCUT2D eigenvalue weighted by molar-refractivity contribution is 0.331. The first kappa shape index (κ1) is 7.43. The van der Waals surface area contributed by atoms with E-state index in [4.69, 9.17) is 15.2 Å². The third-order valence-electron chi connectivity index (χ3n) is 2.04. The van der Waals surface area contributed by atoms with Crippen LogP contribution in [0.2, 0.25) is 0 Å². The summed E-state index contributed by atoms with van der Waals surface area (Å²) in [6, 6.07) is 5.73. The second kappa shape index (κ2) is 2.68. The van der Waals surface area contributed by atoms with Crippen molar-refractivity contribution < 1.29 is 9.47 Å². The summed E-state index contributed by atoms with van der Waals surface area (Å²) in [6.07, 6.45) is 0. The Morgan fingerprint density at radius 2 is 2.42 bits per heavy atom. The predicted octanol–water partition coefficient (Wildman–Crippen LogP) is 1.09. The van der Waals surface area contributed by atoms with Crippen LogP contribution in [0.15, 0.2) is 18.2 Å². The molecule has 0 spiro atoms. The topological polar surface area (TPSA) is 44.5 Å². The van der Waals surface area contributed by atoms with Crippen LogP contribution >= 0.6 is 0 Å². The van der Waals surface area contributed by atoms with Gasteiger partial charge >= 0.3 is 0 Å². The first-order chi connectivity index (χ1) is 5.81. The van der Waals surface area contributed by atoms with E-state index >= 15 is 0 Å². The standard InChI is InChI=1S/C9H11NO2/c1-11-6-2-3-7-8(10)5-12-9(7)4-6/h2-4,8H,5,10H2,1H3. The first-order valence-electron chi connectivity index (χ1n) is 3.87. The fraction of sp³-hybridized carbons (Fsp3) is 0.333. The van der Waals surface area contributed by atoms with Gasteiger partial charge in [0.25, 0.3) is 0 Å². The Kier molecular flexibility index (Phi) is 1.66. The van der Waals surface area contributed by atoms with Gasteiger partial charge in [0.2, 0.25) is 0 Å². The molecule has 1 aliphatic heterocycles. The second-order valence-corrected chi connectivity index (χ2v) is 2.82. The van der Waals surface area contributed by atoms with Crippen LogP contribution in [-0.4, -0.2) is 13.7 Å². The predicted molar refractivity (Wildman–Crippen MR) is 45.4 cm³/mol. The molecule has 1 aromatic rings. The van der Waals surface area contributed by atoms with Crippen molar-refractivity contribution in [2.24, 2.45) is 5.73 Å². The summed E-state index contributed by atoms with van der Waals surface area (Å²) in [7, 11) is 1.64. The summed E-state index contributed by atoms with van der Waals surface area (Å²) in [5, 5.41) is 0.